The smallest absolute Gasteiger partial charge is 0.347 e. The number of carboxylic acids is 1. The van der Waals surface area contributed by atoms with Crippen molar-refractivity contribution in [2.24, 2.45) is 0 Å². The van der Waals surface area contributed by atoms with Crippen molar-refractivity contribution in [3.63, 3.8) is 0 Å². The number of hydrogen-bond acceptors (Lipinski definition) is 5. The molecule has 6 nitrogen and oxygen atoms in total. The number of nitrogens with one attached hydrogen (secondary N) is 1. The maximum absolute atomic E-state index is 13.3. The Balaban J connectivity index is 2.06. The van der Waals surface area contributed by atoms with Crippen LogP contribution in [0.1, 0.15) is 30.7 Å². The van der Waals surface area contributed by atoms with E-state index in [-0.39, 0.29) is 17.0 Å². The zero-order valence-electron chi connectivity index (χ0n) is 10.4. The zero-order chi connectivity index (χ0) is 14.7. The molecule has 0 aliphatic carbocycles. The van der Waals surface area contributed by atoms with E-state index in [1.807, 2.05) is 0 Å². The first-order valence-electron chi connectivity index (χ1n) is 5.56. The van der Waals surface area contributed by atoms with Crippen LogP contribution >= 0.6 is 11.3 Å². The molecule has 1 amide bonds. The standard InChI is InChI=1S/C12H10FN3O3S/c1-6-10(12(18)19)20-9(16-6)5-15-11(17)7-2-3-14-4-8(7)13/h2-4H,5H2,1H3,(H,15,17)(H,18,19). The van der Waals surface area contributed by atoms with Gasteiger partial charge in [0.2, 0.25) is 0 Å². The van der Waals surface area contributed by atoms with Crippen LogP contribution in [0.4, 0.5) is 4.39 Å². The number of rotatable bonds is 4. The number of thiazole rings is 1. The number of halogens is 1. The zero-order valence-corrected chi connectivity index (χ0v) is 11.2. The number of pyridine rings is 1. The Morgan fingerprint density at radius 3 is 2.85 bits per heavy atom. The first-order valence-corrected chi connectivity index (χ1v) is 6.38. The topological polar surface area (TPSA) is 92.2 Å². The monoisotopic (exact) mass is 295 g/mol. The number of hydrogen-bond donors (Lipinski definition) is 2. The van der Waals surface area contributed by atoms with Gasteiger partial charge < -0.3 is 10.4 Å². The molecule has 0 fully saturated rings. The molecule has 2 rings (SSSR count). The lowest BCUT2D eigenvalue weighted by Crippen LogP contribution is -2.23. The molecule has 8 heteroatoms. The van der Waals surface area contributed by atoms with Crippen LogP contribution in [0.25, 0.3) is 0 Å². The number of aromatic nitrogens is 2. The molecule has 0 atom stereocenters. The Labute approximate surface area is 117 Å². The molecule has 0 aliphatic heterocycles. The molecular weight excluding hydrogens is 285 g/mol. The van der Waals surface area contributed by atoms with E-state index in [4.69, 9.17) is 5.11 Å². The molecule has 2 aromatic heterocycles. The van der Waals surface area contributed by atoms with Gasteiger partial charge in [0.05, 0.1) is 24.0 Å². The molecule has 0 unspecified atom stereocenters. The molecule has 0 saturated heterocycles. The van der Waals surface area contributed by atoms with Crippen LogP contribution in [-0.2, 0) is 6.54 Å². The van der Waals surface area contributed by atoms with Gasteiger partial charge in [-0.15, -0.1) is 11.3 Å². The first kappa shape index (κ1) is 14.1. The average Bonchev–Trinajstić information content (AvgIpc) is 2.78. The lowest BCUT2D eigenvalue weighted by atomic mass is 10.2. The van der Waals surface area contributed by atoms with Crippen LogP contribution < -0.4 is 5.32 Å². The molecule has 0 radical (unpaired) electrons. The van der Waals surface area contributed by atoms with Gasteiger partial charge in [-0.05, 0) is 13.0 Å². The molecular formula is C12H10FN3O3S. The minimum Gasteiger partial charge on any atom is -0.477 e. The second kappa shape index (κ2) is 5.74. The van der Waals surface area contributed by atoms with E-state index in [2.05, 4.69) is 15.3 Å². The molecule has 0 saturated carbocycles. The molecule has 0 aliphatic rings. The maximum Gasteiger partial charge on any atom is 0.347 e. The number of carboxylic acid groups (broad SMARTS) is 1. The summed E-state index contributed by atoms with van der Waals surface area (Å²) in [7, 11) is 0. The fourth-order valence-electron chi connectivity index (χ4n) is 1.54. The second-order valence-electron chi connectivity index (χ2n) is 3.87. The minimum absolute atomic E-state index is 0.0411. The van der Waals surface area contributed by atoms with Crippen LogP contribution in [0.5, 0.6) is 0 Å². The van der Waals surface area contributed by atoms with Gasteiger partial charge in [-0.25, -0.2) is 14.2 Å². The summed E-state index contributed by atoms with van der Waals surface area (Å²) in [4.78, 5) is 30.3. The van der Waals surface area contributed by atoms with Crippen LogP contribution in [0.2, 0.25) is 0 Å². The minimum atomic E-state index is -1.06. The Kier molecular flexibility index (Phi) is 4.04. The predicted octanol–water partition coefficient (Wildman–Crippen LogP) is 1.61. The van der Waals surface area contributed by atoms with Crippen molar-refractivity contribution < 1.29 is 19.1 Å². The fraction of sp³-hybridized carbons (Fsp3) is 0.167. The van der Waals surface area contributed by atoms with Gasteiger partial charge in [-0.2, -0.15) is 0 Å². The van der Waals surface area contributed by atoms with Crippen molar-refractivity contribution >= 4 is 23.2 Å². The number of amides is 1. The largest absolute Gasteiger partial charge is 0.477 e. The maximum atomic E-state index is 13.3. The Morgan fingerprint density at radius 1 is 1.50 bits per heavy atom. The Bertz CT molecular complexity index is 672. The molecule has 0 spiro atoms. The number of nitrogens with zero attached hydrogens (tertiary/aromatic N) is 2. The van der Waals surface area contributed by atoms with E-state index < -0.39 is 17.7 Å². The highest BCUT2D eigenvalue weighted by molar-refractivity contribution is 7.13. The predicted molar refractivity (Wildman–Crippen MR) is 69.2 cm³/mol. The highest BCUT2D eigenvalue weighted by atomic mass is 32.1. The summed E-state index contributed by atoms with van der Waals surface area (Å²) >= 11 is 0.978. The third kappa shape index (κ3) is 2.97. The highest BCUT2D eigenvalue weighted by Crippen LogP contribution is 2.17. The lowest BCUT2D eigenvalue weighted by Gasteiger charge is -2.03. The quantitative estimate of drug-likeness (QED) is 0.894. The summed E-state index contributed by atoms with van der Waals surface area (Å²) < 4.78 is 13.3. The summed E-state index contributed by atoms with van der Waals surface area (Å²) in [6, 6.07) is 1.26. The molecule has 0 aromatic carbocycles. The van der Waals surface area contributed by atoms with Gasteiger partial charge in [0.15, 0.2) is 5.82 Å². The number of carbonyl (C=O) groups is 2. The van der Waals surface area contributed by atoms with E-state index >= 15 is 0 Å². The second-order valence-corrected chi connectivity index (χ2v) is 4.95. The van der Waals surface area contributed by atoms with Crippen molar-refractivity contribution in [2.75, 3.05) is 0 Å². The van der Waals surface area contributed by atoms with E-state index in [9.17, 15) is 14.0 Å². The molecule has 20 heavy (non-hydrogen) atoms. The van der Waals surface area contributed by atoms with Crippen LogP contribution in [-0.4, -0.2) is 27.0 Å². The van der Waals surface area contributed by atoms with Gasteiger partial charge in [-0.3, -0.25) is 9.78 Å². The summed E-state index contributed by atoms with van der Waals surface area (Å²) in [6.07, 6.45) is 2.26. The summed E-state index contributed by atoms with van der Waals surface area (Å²) in [5, 5.41) is 11.8. The van der Waals surface area contributed by atoms with Crippen molar-refractivity contribution in [1.29, 1.82) is 0 Å². The van der Waals surface area contributed by atoms with Gasteiger partial charge in [0, 0.05) is 6.20 Å². The summed E-state index contributed by atoms with van der Waals surface area (Å²) in [6.45, 7) is 1.62. The van der Waals surface area contributed by atoms with E-state index in [0.717, 1.165) is 17.5 Å². The SMILES string of the molecule is Cc1nc(CNC(=O)c2ccncc2F)sc1C(=O)O. The van der Waals surface area contributed by atoms with E-state index in [1.165, 1.54) is 12.3 Å². The molecule has 2 N–H and O–H groups in total. The van der Waals surface area contributed by atoms with E-state index in [0.29, 0.717) is 10.7 Å². The van der Waals surface area contributed by atoms with Gasteiger partial charge in [0.1, 0.15) is 9.88 Å². The van der Waals surface area contributed by atoms with Gasteiger partial charge >= 0.3 is 5.97 Å². The van der Waals surface area contributed by atoms with Crippen LogP contribution in [0.15, 0.2) is 18.5 Å². The number of carbonyl (C=O) groups excluding carboxylic acids is 1. The van der Waals surface area contributed by atoms with Crippen LogP contribution in [0, 0.1) is 12.7 Å². The third-order valence-electron chi connectivity index (χ3n) is 2.45. The summed E-state index contributed by atoms with van der Waals surface area (Å²) in [5.41, 5.74) is 0.272. The highest BCUT2D eigenvalue weighted by Gasteiger charge is 2.15. The van der Waals surface area contributed by atoms with Gasteiger partial charge in [0.25, 0.3) is 5.91 Å². The normalized spacial score (nSPS) is 10.3. The van der Waals surface area contributed by atoms with Crippen molar-refractivity contribution in [2.45, 2.75) is 13.5 Å². The first-order chi connectivity index (χ1) is 9.49. The number of aromatic carboxylic acids is 1. The molecule has 2 aromatic rings. The van der Waals surface area contributed by atoms with Crippen molar-refractivity contribution in [3.05, 3.63) is 45.4 Å². The van der Waals surface area contributed by atoms with E-state index in [1.54, 1.807) is 6.92 Å². The Morgan fingerprint density at radius 2 is 2.25 bits per heavy atom. The van der Waals surface area contributed by atoms with Crippen molar-refractivity contribution in [3.8, 4) is 0 Å². The lowest BCUT2D eigenvalue weighted by molar-refractivity contribution is 0.0701. The molecule has 104 valence electrons. The average molecular weight is 295 g/mol. The molecule has 0 bridgehead atoms. The fourth-order valence-corrected chi connectivity index (χ4v) is 2.38. The van der Waals surface area contributed by atoms with Crippen molar-refractivity contribution in [1.82, 2.24) is 15.3 Å². The van der Waals surface area contributed by atoms with Gasteiger partial charge in [-0.1, -0.05) is 0 Å². The number of aryl methyl sites for hydroxylation is 1. The molecule has 2 heterocycles. The Hall–Kier alpha value is -2.35. The summed E-state index contributed by atoms with van der Waals surface area (Å²) in [5.74, 6) is -2.38. The van der Waals surface area contributed by atoms with Crippen LogP contribution in [0.3, 0.4) is 0 Å². The third-order valence-corrected chi connectivity index (χ3v) is 3.60.